The zero-order chi connectivity index (χ0) is 55.7. The molecule has 0 spiro atoms. The number of hydrogen-bond donors (Lipinski definition) is 0. The number of hydrogen-bond acceptors (Lipinski definition) is 28. The predicted molar refractivity (Wildman–Crippen MR) is 240 cm³/mol. The standard InChI is InChI=1S/4C10H10O7S.2Ba/c4*1-16-9(11)6-3-7(10(12)17-2)5-8(4-6)18(13,14)15;;/h4*3-5H,1-2H3,(H,13,14,15);;/q;;;;2*+2/p-4. The van der Waals surface area contributed by atoms with Crippen LogP contribution in [0.1, 0.15) is 82.9 Å². The van der Waals surface area contributed by atoms with Crippen molar-refractivity contribution >= 4 is 186 Å². The van der Waals surface area contributed by atoms with Gasteiger partial charge in [-0.25, -0.2) is 72.0 Å². The van der Waals surface area contributed by atoms with Gasteiger partial charge in [-0.2, -0.15) is 0 Å². The van der Waals surface area contributed by atoms with E-state index >= 15 is 0 Å². The Morgan fingerprint density at radius 2 is 0.351 bits per heavy atom. The van der Waals surface area contributed by atoms with E-state index in [1.54, 1.807) is 0 Å². The van der Waals surface area contributed by atoms with Gasteiger partial charge in [0.25, 0.3) is 0 Å². The van der Waals surface area contributed by atoms with Crippen molar-refractivity contribution in [2.24, 2.45) is 0 Å². The average Bonchev–Trinajstić information content (AvgIpc) is 3.35. The van der Waals surface area contributed by atoms with Crippen LogP contribution in [-0.4, -0.2) is 254 Å². The van der Waals surface area contributed by atoms with Crippen LogP contribution in [0.4, 0.5) is 0 Å². The number of ether oxygens (including phenoxy) is 8. The molecular formula is C40H36Ba2O28S4. The van der Waals surface area contributed by atoms with Gasteiger partial charge in [0.15, 0.2) is 0 Å². The normalized spacial score (nSPS) is 10.5. The van der Waals surface area contributed by atoms with Crippen LogP contribution in [0, 0.1) is 0 Å². The molecule has 0 aliphatic rings. The van der Waals surface area contributed by atoms with Crippen molar-refractivity contribution in [3.05, 3.63) is 117 Å². The molecule has 0 N–H and O–H groups in total. The molecule has 392 valence electrons. The van der Waals surface area contributed by atoms with Crippen LogP contribution >= 0.6 is 0 Å². The van der Waals surface area contributed by atoms with Gasteiger partial charge in [0.1, 0.15) is 40.5 Å². The molecule has 0 bridgehead atoms. The van der Waals surface area contributed by atoms with Gasteiger partial charge >= 0.3 is 146 Å². The van der Waals surface area contributed by atoms with E-state index in [1.165, 1.54) is 0 Å². The number of esters is 8. The molecule has 0 aliphatic carbocycles. The third kappa shape index (κ3) is 22.3. The Hall–Kier alpha value is -4.58. The largest absolute Gasteiger partial charge is 2.00 e. The molecule has 4 aromatic carbocycles. The Labute approximate surface area is 501 Å². The monoisotopic (exact) mass is 1370 g/mol. The van der Waals surface area contributed by atoms with Crippen LogP contribution in [0.25, 0.3) is 0 Å². The first kappa shape index (κ1) is 71.5. The van der Waals surface area contributed by atoms with Gasteiger partial charge in [0.2, 0.25) is 0 Å². The molecule has 0 heterocycles. The molecule has 0 atom stereocenters. The Kier molecular flexibility index (Phi) is 30.4. The van der Waals surface area contributed by atoms with Gasteiger partial charge in [0, 0.05) is 0 Å². The maximum absolute atomic E-state index is 11.3. The fraction of sp³-hybridized carbons (Fsp3) is 0.200. The van der Waals surface area contributed by atoms with Gasteiger partial charge in [-0.05, 0) is 72.8 Å². The van der Waals surface area contributed by atoms with Gasteiger partial charge in [0.05, 0.1) is 121 Å². The second-order valence-electron chi connectivity index (χ2n) is 12.7. The van der Waals surface area contributed by atoms with Crippen LogP contribution in [0.3, 0.4) is 0 Å². The summed E-state index contributed by atoms with van der Waals surface area (Å²) < 4.78 is 166. The molecule has 0 radical (unpaired) electrons. The second-order valence-corrected chi connectivity index (χ2v) is 18.3. The third-order valence-corrected chi connectivity index (χ3v) is 11.4. The fourth-order valence-electron chi connectivity index (χ4n) is 4.86. The fourth-order valence-corrected chi connectivity index (χ4v) is 7.03. The molecule has 0 unspecified atom stereocenters. The Morgan fingerprint density at radius 3 is 0.419 bits per heavy atom. The van der Waals surface area contributed by atoms with Crippen molar-refractivity contribution < 1.29 is 128 Å². The number of methoxy groups -OCH3 is 8. The first-order valence-corrected chi connectivity index (χ1v) is 23.9. The van der Waals surface area contributed by atoms with Crippen molar-refractivity contribution in [2.45, 2.75) is 19.6 Å². The third-order valence-electron chi connectivity index (χ3n) is 8.15. The van der Waals surface area contributed by atoms with Crippen LogP contribution in [-0.2, 0) is 78.4 Å². The summed E-state index contributed by atoms with van der Waals surface area (Å²) in [7, 11) is -10.5. The molecule has 0 aromatic heterocycles. The van der Waals surface area contributed by atoms with Crippen molar-refractivity contribution in [3.8, 4) is 0 Å². The van der Waals surface area contributed by atoms with E-state index in [2.05, 4.69) is 37.9 Å². The summed E-state index contributed by atoms with van der Waals surface area (Å²) in [6.07, 6.45) is 0. The molecule has 0 saturated carbocycles. The quantitative estimate of drug-likeness (QED) is 0.0773. The van der Waals surface area contributed by atoms with E-state index in [1.807, 2.05) is 0 Å². The van der Waals surface area contributed by atoms with Gasteiger partial charge in [-0.15, -0.1) is 0 Å². The maximum Gasteiger partial charge on any atom is 2.00 e. The Morgan fingerprint density at radius 1 is 0.257 bits per heavy atom. The summed E-state index contributed by atoms with van der Waals surface area (Å²) in [5.41, 5.74) is -1.82. The summed E-state index contributed by atoms with van der Waals surface area (Å²) in [6, 6.07) is 11.0. The molecule has 74 heavy (non-hydrogen) atoms. The number of carbonyl (C=O) groups excluding carboxylic acids is 8. The van der Waals surface area contributed by atoms with E-state index in [0.717, 1.165) is 130 Å². The van der Waals surface area contributed by atoms with Crippen LogP contribution in [0.5, 0.6) is 0 Å². The topological polar surface area (TPSA) is 439 Å². The molecule has 28 nitrogen and oxygen atoms in total. The molecule has 34 heteroatoms. The van der Waals surface area contributed by atoms with Crippen molar-refractivity contribution in [1.29, 1.82) is 0 Å². The Balaban J connectivity index is 0. The SMILES string of the molecule is COC(=O)c1cc(C(=O)OC)cc(S(=O)(=O)[O-])c1.COC(=O)c1cc(C(=O)OC)cc(S(=O)(=O)[O-])c1.COC(=O)c1cc(C(=O)OC)cc(S(=O)(=O)[O-])c1.COC(=O)c1cc(C(=O)OC)cc(S(=O)(=O)[O-])c1.[Ba+2].[Ba+2]. The smallest absolute Gasteiger partial charge is 0.744 e. The maximum atomic E-state index is 11.3. The second kappa shape index (κ2) is 31.5. The van der Waals surface area contributed by atoms with E-state index < -0.39 is 108 Å². The molecule has 4 aromatic rings. The summed E-state index contributed by atoms with van der Waals surface area (Å²) in [5.74, 6) is -6.96. The first-order valence-electron chi connectivity index (χ1n) is 18.3. The molecule has 4 rings (SSSR count). The minimum atomic E-state index is -4.80. The first-order chi connectivity index (χ1) is 33.2. The average molecular weight is 1370 g/mol. The molecular weight excluding hydrogens is 1330 g/mol. The van der Waals surface area contributed by atoms with E-state index in [9.17, 15) is 90.2 Å². The van der Waals surface area contributed by atoms with Gasteiger partial charge in [-0.1, -0.05) is 0 Å². The Bertz CT molecular complexity index is 2660. The zero-order valence-corrected chi connectivity index (χ0v) is 51.6. The molecule has 0 fully saturated rings. The van der Waals surface area contributed by atoms with E-state index in [4.69, 9.17) is 0 Å². The van der Waals surface area contributed by atoms with Crippen LogP contribution in [0.2, 0.25) is 0 Å². The van der Waals surface area contributed by atoms with Crippen molar-refractivity contribution in [2.75, 3.05) is 56.9 Å². The zero-order valence-electron chi connectivity index (χ0n) is 39.4. The summed E-state index contributed by atoms with van der Waals surface area (Å²) in [6.45, 7) is 0. The summed E-state index contributed by atoms with van der Waals surface area (Å²) >= 11 is 0. The number of rotatable bonds is 12. The van der Waals surface area contributed by atoms with Crippen LogP contribution in [0.15, 0.2) is 92.4 Å². The molecule has 0 aliphatic heterocycles. The minimum absolute atomic E-state index is 0. The van der Waals surface area contributed by atoms with Gasteiger partial charge in [-0.3, -0.25) is 0 Å². The number of carbonyl (C=O) groups is 8. The van der Waals surface area contributed by atoms with E-state index in [0.29, 0.717) is 0 Å². The van der Waals surface area contributed by atoms with Crippen molar-refractivity contribution in [3.63, 3.8) is 0 Å². The predicted octanol–water partition coefficient (Wildman–Crippen LogP) is -0.106. The summed E-state index contributed by atoms with van der Waals surface area (Å²) in [4.78, 5) is 87.5. The van der Waals surface area contributed by atoms with Gasteiger partial charge < -0.3 is 56.1 Å². The minimum Gasteiger partial charge on any atom is -0.744 e. The van der Waals surface area contributed by atoms with Crippen molar-refractivity contribution in [1.82, 2.24) is 0 Å². The van der Waals surface area contributed by atoms with E-state index in [-0.39, 0.29) is 142 Å². The summed E-state index contributed by atoms with van der Waals surface area (Å²) in [5, 5.41) is 0. The van der Waals surface area contributed by atoms with Crippen LogP contribution < -0.4 is 0 Å². The number of benzene rings is 4. The molecule has 0 amide bonds. The molecule has 0 saturated heterocycles.